The summed E-state index contributed by atoms with van der Waals surface area (Å²) in [4.78, 5) is 24.4. The molecule has 0 aliphatic rings. The van der Waals surface area contributed by atoms with Gasteiger partial charge < -0.3 is 20.1 Å². The van der Waals surface area contributed by atoms with Crippen LogP contribution in [0.4, 0.5) is 0 Å². The molecule has 0 saturated carbocycles. The van der Waals surface area contributed by atoms with E-state index in [4.69, 9.17) is 9.47 Å². The van der Waals surface area contributed by atoms with Crippen molar-refractivity contribution >= 4 is 27.7 Å². The summed E-state index contributed by atoms with van der Waals surface area (Å²) in [7, 11) is 3.00. The molecule has 128 valence electrons. The van der Waals surface area contributed by atoms with Gasteiger partial charge in [-0.1, -0.05) is 0 Å². The summed E-state index contributed by atoms with van der Waals surface area (Å²) in [5, 5.41) is 5.48. The van der Waals surface area contributed by atoms with Crippen LogP contribution in [0.5, 0.6) is 11.5 Å². The largest absolute Gasteiger partial charge is 0.495 e. The van der Waals surface area contributed by atoms with Gasteiger partial charge in [-0.15, -0.1) is 0 Å². The lowest BCUT2D eigenvalue weighted by molar-refractivity contribution is -0.124. The Hall–Kier alpha value is -1.76. The first kappa shape index (κ1) is 19.3. The van der Waals surface area contributed by atoms with Gasteiger partial charge in [0.15, 0.2) is 0 Å². The molecule has 0 aliphatic heterocycles. The summed E-state index contributed by atoms with van der Waals surface area (Å²) in [5.74, 6) is 0.315. The number of hydrogen-bond donors (Lipinski definition) is 2. The van der Waals surface area contributed by atoms with Gasteiger partial charge in [-0.25, -0.2) is 0 Å². The van der Waals surface area contributed by atoms with Gasteiger partial charge in [0, 0.05) is 11.1 Å². The van der Waals surface area contributed by atoms with Crippen molar-refractivity contribution in [1.82, 2.24) is 10.6 Å². The summed E-state index contributed by atoms with van der Waals surface area (Å²) in [5.41, 5.74) is -0.0163. The lowest BCUT2D eigenvalue weighted by Gasteiger charge is -2.23. The standard InChI is InChI=1S/C16H23BrN2O4/c1-9(14(20)19-16(2,3)4)18-15(21)10-7-11(22-5)13(17)12(8-10)23-6/h7-9H,1-6H3,(H,18,21)(H,19,20)/t9-/m1/s1. The van der Waals surface area contributed by atoms with E-state index in [0.29, 0.717) is 21.5 Å². The fourth-order valence-corrected chi connectivity index (χ4v) is 2.38. The van der Waals surface area contributed by atoms with E-state index in [-0.39, 0.29) is 17.4 Å². The molecular weight excluding hydrogens is 364 g/mol. The molecule has 0 unspecified atom stereocenters. The molecule has 1 atom stereocenters. The molecule has 7 heteroatoms. The van der Waals surface area contributed by atoms with Crippen LogP contribution in [0.2, 0.25) is 0 Å². The second-order valence-corrected chi connectivity index (χ2v) is 6.92. The minimum absolute atomic E-state index is 0.248. The quantitative estimate of drug-likeness (QED) is 0.814. The van der Waals surface area contributed by atoms with Gasteiger partial charge >= 0.3 is 0 Å². The number of carbonyl (C=O) groups excluding carboxylic acids is 2. The number of ether oxygens (including phenoxy) is 2. The van der Waals surface area contributed by atoms with E-state index in [2.05, 4.69) is 26.6 Å². The summed E-state index contributed by atoms with van der Waals surface area (Å²) in [6.45, 7) is 7.27. The third-order valence-corrected chi connectivity index (χ3v) is 3.73. The molecule has 2 amide bonds. The zero-order chi connectivity index (χ0) is 17.8. The third kappa shape index (κ3) is 5.42. The number of nitrogens with one attached hydrogen (secondary N) is 2. The van der Waals surface area contributed by atoms with Crippen molar-refractivity contribution in [3.05, 3.63) is 22.2 Å². The van der Waals surface area contributed by atoms with E-state index in [1.165, 1.54) is 14.2 Å². The number of amides is 2. The van der Waals surface area contributed by atoms with Crippen molar-refractivity contribution in [3.8, 4) is 11.5 Å². The predicted octanol–water partition coefficient (Wildman–Crippen LogP) is 2.50. The first-order chi connectivity index (χ1) is 10.6. The number of benzene rings is 1. The van der Waals surface area contributed by atoms with Crippen molar-refractivity contribution in [1.29, 1.82) is 0 Å². The second kappa shape index (κ2) is 7.68. The fourth-order valence-electron chi connectivity index (χ4n) is 1.82. The second-order valence-electron chi connectivity index (χ2n) is 6.13. The minimum Gasteiger partial charge on any atom is -0.495 e. The smallest absolute Gasteiger partial charge is 0.252 e. The molecule has 0 heterocycles. The molecule has 0 bridgehead atoms. The van der Waals surface area contributed by atoms with Crippen molar-refractivity contribution < 1.29 is 19.1 Å². The summed E-state index contributed by atoms with van der Waals surface area (Å²) in [6, 6.07) is 2.49. The molecule has 2 N–H and O–H groups in total. The Labute approximate surface area is 145 Å². The maximum absolute atomic E-state index is 12.4. The van der Waals surface area contributed by atoms with Crippen molar-refractivity contribution in [2.24, 2.45) is 0 Å². The fraction of sp³-hybridized carbons (Fsp3) is 0.500. The van der Waals surface area contributed by atoms with E-state index in [1.807, 2.05) is 20.8 Å². The average molecular weight is 387 g/mol. The molecular formula is C16H23BrN2O4. The highest BCUT2D eigenvalue weighted by molar-refractivity contribution is 9.10. The average Bonchev–Trinajstić information content (AvgIpc) is 2.45. The van der Waals surface area contributed by atoms with Gasteiger partial charge in [-0.3, -0.25) is 9.59 Å². The number of halogens is 1. The Morgan fingerprint density at radius 1 is 1.13 bits per heavy atom. The zero-order valence-electron chi connectivity index (χ0n) is 14.2. The first-order valence-corrected chi connectivity index (χ1v) is 7.92. The lowest BCUT2D eigenvalue weighted by atomic mass is 10.1. The van der Waals surface area contributed by atoms with Gasteiger partial charge in [0.05, 0.1) is 14.2 Å². The Morgan fingerprint density at radius 2 is 1.61 bits per heavy atom. The molecule has 1 aromatic carbocycles. The third-order valence-electron chi connectivity index (χ3n) is 2.95. The van der Waals surface area contributed by atoms with Crippen molar-refractivity contribution in [2.45, 2.75) is 39.3 Å². The predicted molar refractivity (Wildman–Crippen MR) is 92.1 cm³/mol. The normalized spacial score (nSPS) is 12.3. The van der Waals surface area contributed by atoms with E-state index < -0.39 is 6.04 Å². The number of hydrogen-bond acceptors (Lipinski definition) is 4. The highest BCUT2D eigenvalue weighted by Gasteiger charge is 2.22. The van der Waals surface area contributed by atoms with Crippen molar-refractivity contribution in [2.75, 3.05) is 14.2 Å². The van der Waals surface area contributed by atoms with Gasteiger partial charge in [0.2, 0.25) is 5.91 Å². The van der Waals surface area contributed by atoms with Gasteiger partial charge in [0.1, 0.15) is 22.0 Å². The van der Waals surface area contributed by atoms with Crippen LogP contribution < -0.4 is 20.1 Å². The molecule has 0 aliphatic carbocycles. The molecule has 6 nitrogen and oxygen atoms in total. The molecule has 1 aromatic rings. The summed E-state index contributed by atoms with van der Waals surface area (Å²) >= 11 is 3.35. The van der Waals surface area contributed by atoms with Crippen LogP contribution in [0.25, 0.3) is 0 Å². The van der Waals surface area contributed by atoms with Crippen LogP contribution in [-0.4, -0.2) is 37.6 Å². The highest BCUT2D eigenvalue weighted by Crippen LogP contribution is 2.35. The van der Waals surface area contributed by atoms with E-state index in [9.17, 15) is 9.59 Å². The number of methoxy groups -OCH3 is 2. The number of carbonyl (C=O) groups is 2. The molecule has 1 rings (SSSR count). The van der Waals surface area contributed by atoms with E-state index in [1.54, 1.807) is 19.1 Å². The SMILES string of the molecule is COc1cc(C(=O)N[C@H](C)C(=O)NC(C)(C)C)cc(OC)c1Br. The van der Waals surface area contributed by atoms with Crippen LogP contribution in [0.3, 0.4) is 0 Å². The van der Waals surface area contributed by atoms with Crippen molar-refractivity contribution in [3.63, 3.8) is 0 Å². The molecule has 0 spiro atoms. The Balaban J connectivity index is 2.92. The lowest BCUT2D eigenvalue weighted by Crippen LogP contribution is -2.50. The Morgan fingerprint density at radius 3 is 2.00 bits per heavy atom. The molecule has 23 heavy (non-hydrogen) atoms. The molecule has 0 radical (unpaired) electrons. The van der Waals surface area contributed by atoms with Gasteiger partial charge in [-0.2, -0.15) is 0 Å². The molecule has 0 aromatic heterocycles. The molecule has 0 fully saturated rings. The summed E-state index contributed by atoms with van der Waals surface area (Å²) < 4.78 is 11.0. The number of rotatable bonds is 5. The van der Waals surface area contributed by atoms with Gasteiger partial charge in [0.25, 0.3) is 5.91 Å². The topological polar surface area (TPSA) is 76.7 Å². The van der Waals surface area contributed by atoms with Crippen LogP contribution in [0.1, 0.15) is 38.1 Å². The van der Waals surface area contributed by atoms with Crippen LogP contribution in [0.15, 0.2) is 16.6 Å². The Bertz CT molecular complexity index is 571. The molecule has 0 saturated heterocycles. The van der Waals surface area contributed by atoms with Crippen LogP contribution in [0, 0.1) is 0 Å². The van der Waals surface area contributed by atoms with Crippen LogP contribution in [-0.2, 0) is 4.79 Å². The first-order valence-electron chi connectivity index (χ1n) is 7.13. The van der Waals surface area contributed by atoms with E-state index in [0.717, 1.165) is 0 Å². The minimum atomic E-state index is -0.664. The maximum atomic E-state index is 12.4. The monoisotopic (exact) mass is 386 g/mol. The van der Waals surface area contributed by atoms with Crippen LogP contribution >= 0.6 is 15.9 Å². The van der Waals surface area contributed by atoms with Gasteiger partial charge in [-0.05, 0) is 55.8 Å². The summed E-state index contributed by atoms with van der Waals surface area (Å²) in [6.07, 6.45) is 0. The van der Waals surface area contributed by atoms with E-state index >= 15 is 0 Å². The zero-order valence-corrected chi connectivity index (χ0v) is 15.8. The highest BCUT2D eigenvalue weighted by atomic mass is 79.9. The Kier molecular flexibility index (Phi) is 6.44. The maximum Gasteiger partial charge on any atom is 0.252 e.